The first kappa shape index (κ1) is 20.1. The van der Waals surface area contributed by atoms with Gasteiger partial charge in [0.1, 0.15) is 11.8 Å². The lowest BCUT2D eigenvalue weighted by Crippen LogP contribution is -2.41. The van der Waals surface area contributed by atoms with Crippen LogP contribution in [0.2, 0.25) is 5.02 Å². The van der Waals surface area contributed by atoms with Gasteiger partial charge in [0.2, 0.25) is 5.91 Å². The Bertz CT molecular complexity index is 870. The van der Waals surface area contributed by atoms with Gasteiger partial charge in [-0.15, -0.1) is 11.3 Å². The number of benzene rings is 1. The van der Waals surface area contributed by atoms with E-state index in [1.165, 1.54) is 16.2 Å². The summed E-state index contributed by atoms with van der Waals surface area (Å²) < 4.78 is 5.36. The summed E-state index contributed by atoms with van der Waals surface area (Å²) in [5.41, 5.74) is 0.486. The van der Waals surface area contributed by atoms with Gasteiger partial charge >= 0.3 is 5.97 Å². The molecule has 1 aliphatic heterocycles. The van der Waals surface area contributed by atoms with E-state index >= 15 is 0 Å². The third-order valence-electron chi connectivity index (χ3n) is 4.17. The van der Waals surface area contributed by atoms with Crippen LogP contribution in [0.25, 0.3) is 0 Å². The molecule has 2 aromatic rings. The molecule has 0 bridgehead atoms. The number of nitrogens with one attached hydrogen (secondary N) is 1. The Labute approximate surface area is 170 Å². The van der Waals surface area contributed by atoms with Crippen molar-refractivity contribution in [3.05, 3.63) is 40.4 Å². The SMILES string of the molecule is O=C(COc1ccc(Cl)cc1)Nc1nc(CC(=O)N2CCCC2C(=O)O)cs1. The number of carboxylic acid groups (broad SMARTS) is 1. The lowest BCUT2D eigenvalue weighted by atomic mass is 10.2. The van der Waals surface area contributed by atoms with Crippen molar-refractivity contribution < 1.29 is 24.2 Å². The number of anilines is 1. The summed E-state index contributed by atoms with van der Waals surface area (Å²) in [6.45, 7) is 0.245. The second-order valence-corrected chi connectivity index (χ2v) is 7.49. The number of aliphatic carboxylic acids is 1. The van der Waals surface area contributed by atoms with Crippen LogP contribution in [0.4, 0.5) is 5.13 Å². The molecule has 1 fully saturated rings. The van der Waals surface area contributed by atoms with Gasteiger partial charge in [-0.3, -0.25) is 14.9 Å². The van der Waals surface area contributed by atoms with Crippen LogP contribution in [-0.2, 0) is 20.8 Å². The molecule has 0 radical (unpaired) electrons. The highest BCUT2D eigenvalue weighted by atomic mass is 35.5. The third kappa shape index (κ3) is 5.20. The van der Waals surface area contributed by atoms with E-state index in [1.54, 1.807) is 29.6 Å². The third-order valence-corrected chi connectivity index (χ3v) is 5.23. The van der Waals surface area contributed by atoms with E-state index in [1.807, 2.05) is 0 Å². The first-order valence-electron chi connectivity index (χ1n) is 8.57. The minimum Gasteiger partial charge on any atom is -0.484 e. The normalized spacial score (nSPS) is 16.0. The summed E-state index contributed by atoms with van der Waals surface area (Å²) in [6, 6.07) is 5.87. The first-order chi connectivity index (χ1) is 13.4. The minimum absolute atomic E-state index is 0.00255. The average molecular weight is 424 g/mol. The Morgan fingerprint density at radius 3 is 2.79 bits per heavy atom. The van der Waals surface area contributed by atoms with E-state index in [2.05, 4.69) is 10.3 Å². The molecule has 1 saturated heterocycles. The molecular formula is C18H18ClN3O5S. The molecule has 2 heterocycles. The lowest BCUT2D eigenvalue weighted by Gasteiger charge is -2.20. The molecule has 8 nitrogen and oxygen atoms in total. The molecule has 2 amide bonds. The number of likely N-dealkylation sites (tertiary alicyclic amines) is 1. The average Bonchev–Trinajstić information content (AvgIpc) is 3.31. The number of ether oxygens (including phenoxy) is 1. The minimum atomic E-state index is -0.988. The zero-order valence-corrected chi connectivity index (χ0v) is 16.3. The molecule has 2 N–H and O–H groups in total. The van der Waals surface area contributed by atoms with Crippen LogP contribution >= 0.6 is 22.9 Å². The Hall–Kier alpha value is -2.65. The summed E-state index contributed by atoms with van der Waals surface area (Å²) in [7, 11) is 0. The van der Waals surface area contributed by atoms with Gasteiger partial charge in [0.05, 0.1) is 12.1 Å². The number of hydrogen-bond donors (Lipinski definition) is 2. The fraction of sp³-hybridized carbons (Fsp3) is 0.333. The fourth-order valence-electron chi connectivity index (χ4n) is 2.86. The van der Waals surface area contributed by atoms with Crippen LogP contribution in [0.15, 0.2) is 29.6 Å². The second-order valence-electron chi connectivity index (χ2n) is 6.19. The maximum Gasteiger partial charge on any atom is 0.326 e. The molecule has 0 spiro atoms. The number of hydrogen-bond acceptors (Lipinski definition) is 6. The van der Waals surface area contributed by atoms with Crippen molar-refractivity contribution in [3.8, 4) is 5.75 Å². The Kier molecular flexibility index (Phi) is 6.48. The molecule has 1 aromatic carbocycles. The Morgan fingerprint density at radius 2 is 2.07 bits per heavy atom. The molecule has 1 unspecified atom stereocenters. The van der Waals surface area contributed by atoms with Gasteiger partial charge in [-0.2, -0.15) is 0 Å². The van der Waals surface area contributed by atoms with Gasteiger partial charge in [0.25, 0.3) is 5.91 Å². The molecule has 1 aliphatic rings. The van der Waals surface area contributed by atoms with Crippen molar-refractivity contribution in [2.24, 2.45) is 0 Å². The summed E-state index contributed by atoms with van der Waals surface area (Å²) >= 11 is 6.98. The first-order valence-corrected chi connectivity index (χ1v) is 9.83. The van der Waals surface area contributed by atoms with Crippen molar-refractivity contribution in [2.45, 2.75) is 25.3 Å². The monoisotopic (exact) mass is 423 g/mol. The lowest BCUT2D eigenvalue weighted by molar-refractivity contribution is -0.148. The molecule has 0 saturated carbocycles. The highest BCUT2D eigenvalue weighted by Crippen LogP contribution is 2.21. The standard InChI is InChI=1S/C18H18ClN3O5S/c19-11-3-5-13(6-4-11)27-9-15(23)21-18-20-12(10-28-18)8-16(24)22-7-1-2-14(22)17(25)26/h3-6,10,14H,1-2,7-9H2,(H,25,26)(H,20,21,23). The van der Waals surface area contributed by atoms with E-state index in [0.717, 1.165) is 0 Å². The number of nitrogens with zero attached hydrogens (tertiary/aromatic N) is 2. The maximum absolute atomic E-state index is 12.4. The molecule has 28 heavy (non-hydrogen) atoms. The molecule has 148 valence electrons. The number of carbonyl (C=O) groups is 3. The van der Waals surface area contributed by atoms with Crippen molar-refractivity contribution in [2.75, 3.05) is 18.5 Å². The number of carbonyl (C=O) groups excluding carboxylic acids is 2. The van der Waals surface area contributed by atoms with Crippen LogP contribution in [0, 0.1) is 0 Å². The smallest absolute Gasteiger partial charge is 0.326 e. The highest BCUT2D eigenvalue weighted by Gasteiger charge is 2.33. The number of halogens is 1. The largest absolute Gasteiger partial charge is 0.484 e. The van der Waals surface area contributed by atoms with E-state index in [0.29, 0.717) is 41.0 Å². The second kappa shape index (κ2) is 9.03. The summed E-state index contributed by atoms with van der Waals surface area (Å²) in [5.74, 6) is -1.13. The van der Waals surface area contributed by atoms with Gasteiger partial charge in [-0.25, -0.2) is 9.78 Å². The molecule has 1 aromatic heterocycles. The zero-order valence-electron chi connectivity index (χ0n) is 14.8. The van der Waals surface area contributed by atoms with Crippen molar-refractivity contribution in [3.63, 3.8) is 0 Å². The zero-order chi connectivity index (χ0) is 20.1. The van der Waals surface area contributed by atoms with Crippen LogP contribution in [-0.4, -0.2) is 52.0 Å². The number of carboxylic acids is 1. The number of amides is 2. The predicted molar refractivity (Wildman–Crippen MR) is 104 cm³/mol. The molecule has 1 atom stereocenters. The highest BCUT2D eigenvalue weighted by molar-refractivity contribution is 7.13. The van der Waals surface area contributed by atoms with Crippen molar-refractivity contribution in [1.29, 1.82) is 0 Å². The molecular weight excluding hydrogens is 406 g/mol. The van der Waals surface area contributed by atoms with Gasteiger partial charge in [-0.05, 0) is 37.1 Å². The van der Waals surface area contributed by atoms with Crippen LogP contribution in [0.1, 0.15) is 18.5 Å². The summed E-state index contributed by atoms with van der Waals surface area (Å²) in [5, 5.41) is 14.4. The molecule has 10 heteroatoms. The summed E-state index contributed by atoms with van der Waals surface area (Å²) in [4.78, 5) is 41.1. The summed E-state index contributed by atoms with van der Waals surface area (Å²) in [6.07, 6.45) is 1.14. The van der Waals surface area contributed by atoms with Crippen LogP contribution < -0.4 is 10.1 Å². The topological polar surface area (TPSA) is 109 Å². The predicted octanol–water partition coefficient (Wildman–Crippen LogP) is 2.43. The Morgan fingerprint density at radius 1 is 1.32 bits per heavy atom. The van der Waals surface area contributed by atoms with E-state index in [-0.39, 0.29) is 24.8 Å². The van der Waals surface area contributed by atoms with Crippen molar-refractivity contribution >= 4 is 45.9 Å². The fourth-order valence-corrected chi connectivity index (χ4v) is 3.71. The number of thiazole rings is 1. The van der Waals surface area contributed by atoms with Crippen molar-refractivity contribution in [1.82, 2.24) is 9.88 Å². The number of rotatable bonds is 7. The Balaban J connectivity index is 1.49. The van der Waals surface area contributed by atoms with Gasteiger partial charge < -0.3 is 14.7 Å². The van der Waals surface area contributed by atoms with Gasteiger partial charge in [-0.1, -0.05) is 11.6 Å². The van der Waals surface area contributed by atoms with Crippen LogP contribution in [0.5, 0.6) is 5.75 Å². The quantitative estimate of drug-likeness (QED) is 0.708. The van der Waals surface area contributed by atoms with E-state index in [9.17, 15) is 19.5 Å². The van der Waals surface area contributed by atoms with Gasteiger partial charge in [0, 0.05) is 16.9 Å². The maximum atomic E-state index is 12.4. The van der Waals surface area contributed by atoms with Crippen LogP contribution in [0.3, 0.4) is 0 Å². The molecule has 0 aliphatic carbocycles. The molecule has 3 rings (SSSR count). The van der Waals surface area contributed by atoms with E-state index < -0.39 is 12.0 Å². The van der Waals surface area contributed by atoms with E-state index in [4.69, 9.17) is 16.3 Å². The number of aromatic nitrogens is 1. The van der Waals surface area contributed by atoms with Gasteiger partial charge in [0.15, 0.2) is 11.7 Å².